The number of benzene rings is 1. The first kappa shape index (κ1) is 13.2. The van der Waals surface area contributed by atoms with Crippen molar-refractivity contribution in [3.8, 4) is 0 Å². The molecule has 1 atom stereocenters. The predicted octanol–water partition coefficient (Wildman–Crippen LogP) is 1.30. The van der Waals surface area contributed by atoms with Crippen LogP contribution in [-0.2, 0) is 14.4 Å². The van der Waals surface area contributed by atoms with Crippen molar-refractivity contribution in [3.63, 3.8) is 0 Å². The van der Waals surface area contributed by atoms with Crippen LogP contribution < -0.4 is 5.32 Å². The van der Waals surface area contributed by atoms with Crippen LogP contribution in [0.1, 0.15) is 19.8 Å². The maximum Gasteiger partial charge on any atom is 0.247 e. The van der Waals surface area contributed by atoms with Crippen molar-refractivity contribution in [1.82, 2.24) is 4.90 Å². The lowest BCUT2D eigenvalue weighted by atomic mass is 10.2. The molecule has 1 fully saturated rings. The van der Waals surface area contributed by atoms with E-state index in [1.54, 1.807) is 6.07 Å². The first-order valence-corrected chi connectivity index (χ1v) is 5.91. The predicted molar refractivity (Wildman–Crippen MR) is 65.6 cm³/mol. The number of likely N-dealkylation sites (tertiary alicyclic amines) is 1. The maximum absolute atomic E-state index is 13.4. The van der Waals surface area contributed by atoms with E-state index in [4.69, 9.17) is 0 Å². The minimum absolute atomic E-state index is 0.0263. The molecule has 0 aliphatic carbocycles. The first-order chi connectivity index (χ1) is 9.00. The molecule has 100 valence electrons. The molecular weight excluding hydrogens is 251 g/mol. The quantitative estimate of drug-likeness (QED) is 0.837. The number of anilines is 1. The van der Waals surface area contributed by atoms with Crippen molar-refractivity contribution in [1.29, 1.82) is 0 Å². The van der Waals surface area contributed by atoms with Crippen LogP contribution in [0.2, 0.25) is 0 Å². The summed E-state index contributed by atoms with van der Waals surface area (Å²) in [5.74, 6) is -1.90. The summed E-state index contributed by atoms with van der Waals surface area (Å²) in [5, 5.41) is 2.37. The number of carbonyl (C=O) groups excluding carboxylic acids is 3. The van der Waals surface area contributed by atoms with Crippen LogP contribution in [0.3, 0.4) is 0 Å². The molecule has 1 aliphatic heterocycles. The maximum atomic E-state index is 13.4. The smallest absolute Gasteiger partial charge is 0.247 e. The average molecular weight is 264 g/mol. The fourth-order valence-corrected chi connectivity index (χ4v) is 1.94. The molecule has 0 unspecified atom stereocenters. The van der Waals surface area contributed by atoms with Crippen LogP contribution in [0, 0.1) is 5.82 Å². The van der Waals surface area contributed by atoms with Gasteiger partial charge in [-0.15, -0.1) is 0 Å². The number of imide groups is 1. The minimum Gasteiger partial charge on any atom is -0.322 e. The number of nitrogens with one attached hydrogen (secondary N) is 1. The molecule has 3 amide bonds. The van der Waals surface area contributed by atoms with Gasteiger partial charge in [-0.05, 0) is 19.1 Å². The summed E-state index contributed by atoms with van der Waals surface area (Å²) in [6, 6.07) is 4.76. The van der Waals surface area contributed by atoms with E-state index >= 15 is 0 Å². The van der Waals surface area contributed by atoms with Gasteiger partial charge in [0.2, 0.25) is 17.7 Å². The zero-order valence-corrected chi connectivity index (χ0v) is 10.4. The number of hydrogen-bond acceptors (Lipinski definition) is 3. The van der Waals surface area contributed by atoms with Crippen LogP contribution in [0.25, 0.3) is 0 Å². The third-order valence-corrected chi connectivity index (χ3v) is 2.99. The van der Waals surface area contributed by atoms with Crippen LogP contribution >= 0.6 is 0 Å². The van der Waals surface area contributed by atoms with Gasteiger partial charge in [0.25, 0.3) is 0 Å². The molecule has 1 N–H and O–H groups in total. The van der Waals surface area contributed by atoms with E-state index in [0.717, 1.165) is 4.90 Å². The second-order valence-corrected chi connectivity index (χ2v) is 4.30. The lowest BCUT2D eigenvalue weighted by Crippen LogP contribution is -2.45. The van der Waals surface area contributed by atoms with Crippen molar-refractivity contribution in [3.05, 3.63) is 30.1 Å². The average Bonchev–Trinajstić information content (AvgIpc) is 2.71. The fraction of sp³-hybridized carbons (Fsp3) is 0.308. The Morgan fingerprint density at radius 2 is 1.84 bits per heavy atom. The lowest BCUT2D eigenvalue weighted by molar-refractivity contribution is -0.144. The Balaban J connectivity index is 2.10. The molecule has 6 heteroatoms. The van der Waals surface area contributed by atoms with Crippen molar-refractivity contribution >= 4 is 23.4 Å². The molecule has 0 spiro atoms. The van der Waals surface area contributed by atoms with Crippen molar-refractivity contribution < 1.29 is 18.8 Å². The van der Waals surface area contributed by atoms with Gasteiger partial charge in [-0.1, -0.05) is 12.1 Å². The van der Waals surface area contributed by atoms with Crippen LogP contribution in [0.4, 0.5) is 10.1 Å². The number of nitrogens with zero attached hydrogens (tertiary/aromatic N) is 1. The zero-order chi connectivity index (χ0) is 14.0. The van der Waals surface area contributed by atoms with E-state index < -0.39 is 17.8 Å². The molecule has 1 saturated heterocycles. The summed E-state index contributed by atoms with van der Waals surface area (Å²) >= 11 is 0. The van der Waals surface area contributed by atoms with Crippen molar-refractivity contribution in [2.75, 3.05) is 5.32 Å². The molecular formula is C13H13FN2O3. The van der Waals surface area contributed by atoms with Gasteiger partial charge < -0.3 is 5.32 Å². The molecule has 19 heavy (non-hydrogen) atoms. The monoisotopic (exact) mass is 264 g/mol. The molecule has 0 bridgehead atoms. The van der Waals surface area contributed by atoms with Gasteiger partial charge in [-0.2, -0.15) is 0 Å². The summed E-state index contributed by atoms with van der Waals surface area (Å²) < 4.78 is 13.4. The van der Waals surface area contributed by atoms with Crippen molar-refractivity contribution in [2.24, 2.45) is 0 Å². The Bertz CT molecular complexity index is 528. The molecule has 0 radical (unpaired) electrons. The molecule has 1 aliphatic rings. The second-order valence-electron chi connectivity index (χ2n) is 4.30. The Morgan fingerprint density at radius 3 is 2.42 bits per heavy atom. The van der Waals surface area contributed by atoms with Gasteiger partial charge in [0, 0.05) is 12.8 Å². The number of para-hydroxylation sites is 1. The third-order valence-electron chi connectivity index (χ3n) is 2.99. The lowest BCUT2D eigenvalue weighted by Gasteiger charge is -2.21. The molecule has 1 aromatic carbocycles. The Labute approximate surface area is 109 Å². The molecule has 1 heterocycles. The highest BCUT2D eigenvalue weighted by Crippen LogP contribution is 2.18. The van der Waals surface area contributed by atoms with E-state index in [1.807, 2.05) is 0 Å². The highest BCUT2D eigenvalue weighted by molar-refractivity contribution is 6.07. The minimum atomic E-state index is -0.942. The Hall–Kier alpha value is -2.24. The van der Waals surface area contributed by atoms with Crippen LogP contribution in [-0.4, -0.2) is 28.7 Å². The van der Waals surface area contributed by atoms with Crippen molar-refractivity contribution in [2.45, 2.75) is 25.8 Å². The number of halogens is 1. The molecule has 0 aromatic heterocycles. The topological polar surface area (TPSA) is 66.5 Å². The first-order valence-electron chi connectivity index (χ1n) is 5.91. The summed E-state index contributed by atoms with van der Waals surface area (Å²) in [5.41, 5.74) is 0.0263. The van der Waals surface area contributed by atoms with E-state index in [0.29, 0.717) is 0 Å². The third kappa shape index (κ3) is 2.62. The van der Waals surface area contributed by atoms with Gasteiger partial charge in [0.1, 0.15) is 11.9 Å². The van der Waals surface area contributed by atoms with Gasteiger partial charge in [0.05, 0.1) is 5.69 Å². The van der Waals surface area contributed by atoms with E-state index in [9.17, 15) is 18.8 Å². The molecule has 0 saturated carbocycles. The summed E-state index contributed by atoms with van der Waals surface area (Å²) in [4.78, 5) is 35.8. The Morgan fingerprint density at radius 1 is 1.26 bits per heavy atom. The number of rotatable bonds is 3. The van der Waals surface area contributed by atoms with E-state index in [-0.39, 0.29) is 30.3 Å². The van der Waals surface area contributed by atoms with E-state index in [1.165, 1.54) is 25.1 Å². The number of hydrogen-bond donors (Lipinski definition) is 1. The van der Waals surface area contributed by atoms with E-state index in [2.05, 4.69) is 5.32 Å². The number of carbonyl (C=O) groups is 3. The summed E-state index contributed by atoms with van der Waals surface area (Å²) in [6.07, 6.45) is 0.242. The van der Waals surface area contributed by atoms with Crippen LogP contribution in [0.15, 0.2) is 24.3 Å². The number of amides is 3. The molecule has 1 aromatic rings. The second kappa shape index (κ2) is 5.17. The highest BCUT2D eigenvalue weighted by atomic mass is 19.1. The van der Waals surface area contributed by atoms with Gasteiger partial charge in [0.15, 0.2) is 0 Å². The van der Waals surface area contributed by atoms with Gasteiger partial charge in [-0.3, -0.25) is 19.3 Å². The zero-order valence-electron chi connectivity index (χ0n) is 10.4. The summed E-state index contributed by atoms with van der Waals surface area (Å²) in [6.45, 7) is 1.44. The summed E-state index contributed by atoms with van der Waals surface area (Å²) in [7, 11) is 0. The standard InChI is InChI=1S/C13H13FN2O3/c1-8(16-11(17)6-7-12(16)18)13(19)15-10-5-3-2-4-9(10)14/h2-5,8H,6-7H2,1H3,(H,15,19)/t8-/m0/s1. The van der Waals surface area contributed by atoms with Gasteiger partial charge in [-0.25, -0.2) is 4.39 Å². The largest absolute Gasteiger partial charge is 0.322 e. The fourth-order valence-electron chi connectivity index (χ4n) is 1.94. The molecule has 5 nitrogen and oxygen atoms in total. The Kier molecular flexibility index (Phi) is 3.59. The van der Waals surface area contributed by atoms with Gasteiger partial charge >= 0.3 is 0 Å². The molecule has 2 rings (SSSR count). The SMILES string of the molecule is C[C@@H](C(=O)Nc1ccccc1F)N1C(=O)CCC1=O. The normalized spacial score (nSPS) is 16.6. The van der Waals surface area contributed by atoms with Crippen LogP contribution in [0.5, 0.6) is 0 Å². The highest BCUT2D eigenvalue weighted by Gasteiger charge is 2.36.